The highest BCUT2D eigenvalue weighted by Gasteiger charge is 2.13. The molecule has 1 rings (SSSR count). The number of methoxy groups -OCH3 is 1. The molecule has 0 amide bonds. The third-order valence-electron chi connectivity index (χ3n) is 2.75. The molecular formula is C12H21N5O2. The van der Waals surface area contributed by atoms with Crippen molar-refractivity contribution >= 4 is 23.6 Å². The van der Waals surface area contributed by atoms with Crippen molar-refractivity contribution in [3.05, 3.63) is 6.07 Å². The number of carbonyl (C=O) groups is 1. The Morgan fingerprint density at radius 3 is 2.53 bits per heavy atom. The molecule has 2 N–H and O–H groups in total. The summed E-state index contributed by atoms with van der Waals surface area (Å²) in [7, 11) is 3.11. The number of likely N-dealkylation sites (N-methyl/N-ethyl adjacent to an activating group) is 1. The van der Waals surface area contributed by atoms with Gasteiger partial charge in [-0.3, -0.25) is 4.79 Å². The Morgan fingerprint density at radius 1 is 1.37 bits per heavy atom. The Hall–Kier alpha value is -2.05. The van der Waals surface area contributed by atoms with Gasteiger partial charge in [0.15, 0.2) is 0 Å². The number of nitrogen functional groups attached to an aromatic ring is 1. The van der Waals surface area contributed by atoms with Gasteiger partial charge in [-0.15, -0.1) is 0 Å². The molecule has 0 atom stereocenters. The van der Waals surface area contributed by atoms with Crippen molar-refractivity contribution in [2.24, 2.45) is 0 Å². The number of esters is 1. The van der Waals surface area contributed by atoms with Crippen LogP contribution in [0.25, 0.3) is 0 Å². The minimum atomic E-state index is -0.330. The van der Waals surface area contributed by atoms with Crippen molar-refractivity contribution < 1.29 is 9.53 Å². The van der Waals surface area contributed by atoms with Crippen molar-refractivity contribution in [1.82, 2.24) is 9.97 Å². The Bertz CT molecular complexity index is 434. The molecule has 0 spiro atoms. The van der Waals surface area contributed by atoms with E-state index < -0.39 is 0 Å². The van der Waals surface area contributed by atoms with E-state index >= 15 is 0 Å². The van der Waals surface area contributed by atoms with Crippen LogP contribution in [-0.2, 0) is 9.53 Å². The maximum absolute atomic E-state index is 11.3. The van der Waals surface area contributed by atoms with Crippen LogP contribution in [0, 0.1) is 0 Å². The van der Waals surface area contributed by atoms with Gasteiger partial charge in [-0.2, -0.15) is 9.97 Å². The lowest BCUT2D eigenvalue weighted by Gasteiger charge is -2.22. The lowest BCUT2D eigenvalue weighted by molar-refractivity contribution is -0.138. The first kappa shape index (κ1) is 15.0. The quantitative estimate of drug-likeness (QED) is 0.752. The maximum Gasteiger partial charge on any atom is 0.325 e. The van der Waals surface area contributed by atoms with Crippen molar-refractivity contribution in [1.29, 1.82) is 0 Å². The van der Waals surface area contributed by atoms with Gasteiger partial charge < -0.3 is 20.3 Å². The number of carbonyl (C=O) groups excluding carboxylic acids is 1. The molecule has 0 aliphatic carbocycles. The zero-order valence-corrected chi connectivity index (χ0v) is 11.9. The van der Waals surface area contributed by atoms with Crippen molar-refractivity contribution in [2.75, 3.05) is 49.3 Å². The molecule has 0 radical (unpaired) electrons. The third kappa shape index (κ3) is 3.97. The monoisotopic (exact) mass is 267 g/mol. The highest BCUT2D eigenvalue weighted by atomic mass is 16.5. The first-order valence-corrected chi connectivity index (χ1v) is 6.19. The lowest BCUT2D eigenvalue weighted by atomic mass is 10.4. The minimum Gasteiger partial charge on any atom is -0.468 e. The number of rotatable bonds is 6. The summed E-state index contributed by atoms with van der Waals surface area (Å²) in [6, 6.07) is 1.63. The summed E-state index contributed by atoms with van der Waals surface area (Å²) in [4.78, 5) is 23.6. The predicted molar refractivity (Wildman–Crippen MR) is 75.3 cm³/mol. The molecular weight excluding hydrogens is 246 g/mol. The standard InChI is InChI=1S/C12H21N5O2/c1-5-17(6-2)12-14-9(13)7-10(15-12)16(3)8-11(18)19-4/h7H,5-6,8H2,1-4H3,(H2,13,14,15). The van der Waals surface area contributed by atoms with Crippen LogP contribution in [-0.4, -0.2) is 49.7 Å². The van der Waals surface area contributed by atoms with Crippen molar-refractivity contribution in [2.45, 2.75) is 13.8 Å². The maximum atomic E-state index is 11.3. The molecule has 0 aliphatic heterocycles. The highest BCUT2D eigenvalue weighted by molar-refractivity contribution is 5.75. The summed E-state index contributed by atoms with van der Waals surface area (Å²) in [6.45, 7) is 5.74. The minimum absolute atomic E-state index is 0.116. The van der Waals surface area contributed by atoms with Crippen LogP contribution in [0.4, 0.5) is 17.6 Å². The van der Waals surface area contributed by atoms with E-state index in [1.54, 1.807) is 18.0 Å². The van der Waals surface area contributed by atoms with Gasteiger partial charge in [0.25, 0.3) is 0 Å². The van der Waals surface area contributed by atoms with Gasteiger partial charge in [0.05, 0.1) is 7.11 Å². The zero-order chi connectivity index (χ0) is 14.4. The lowest BCUT2D eigenvalue weighted by Crippen LogP contribution is -2.29. The molecule has 0 unspecified atom stereocenters. The van der Waals surface area contributed by atoms with Crippen LogP contribution in [0.3, 0.4) is 0 Å². The number of hydrogen-bond acceptors (Lipinski definition) is 7. The third-order valence-corrected chi connectivity index (χ3v) is 2.75. The van der Waals surface area contributed by atoms with E-state index in [1.807, 2.05) is 18.7 Å². The largest absolute Gasteiger partial charge is 0.468 e. The molecule has 7 nitrogen and oxygen atoms in total. The van der Waals surface area contributed by atoms with E-state index in [1.165, 1.54) is 7.11 Å². The van der Waals surface area contributed by atoms with Crippen LogP contribution in [0.15, 0.2) is 6.07 Å². The molecule has 1 heterocycles. The molecule has 7 heteroatoms. The van der Waals surface area contributed by atoms with E-state index in [0.29, 0.717) is 17.6 Å². The molecule has 0 fully saturated rings. The average molecular weight is 267 g/mol. The fourth-order valence-electron chi connectivity index (χ4n) is 1.62. The second-order valence-corrected chi connectivity index (χ2v) is 4.06. The molecule has 0 saturated heterocycles. The summed E-state index contributed by atoms with van der Waals surface area (Å²) >= 11 is 0. The van der Waals surface area contributed by atoms with Gasteiger partial charge >= 0.3 is 5.97 Å². The smallest absolute Gasteiger partial charge is 0.325 e. The molecule has 1 aromatic heterocycles. The Morgan fingerprint density at radius 2 is 2.00 bits per heavy atom. The Kier molecular flexibility index (Phi) is 5.35. The average Bonchev–Trinajstić information content (AvgIpc) is 2.39. The van der Waals surface area contributed by atoms with Gasteiger partial charge in [-0.1, -0.05) is 0 Å². The van der Waals surface area contributed by atoms with Gasteiger partial charge in [-0.25, -0.2) is 0 Å². The SMILES string of the molecule is CCN(CC)c1nc(N)cc(N(C)CC(=O)OC)n1. The first-order valence-electron chi connectivity index (χ1n) is 6.19. The second-order valence-electron chi connectivity index (χ2n) is 4.06. The summed E-state index contributed by atoms with van der Waals surface area (Å²) in [5.74, 6) is 1.21. The fourth-order valence-corrected chi connectivity index (χ4v) is 1.62. The van der Waals surface area contributed by atoms with E-state index in [-0.39, 0.29) is 12.5 Å². The van der Waals surface area contributed by atoms with Crippen LogP contribution in [0.2, 0.25) is 0 Å². The number of ether oxygens (including phenoxy) is 1. The predicted octanol–water partition coefficient (Wildman–Crippen LogP) is 0.514. The summed E-state index contributed by atoms with van der Waals surface area (Å²) < 4.78 is 4.63. The van der Waals surface area contributed by atoms with Gasteiger partial charge in [0.1, 0.15) is 18.2 Å². The molecule has 0 bridgehead atoms. The summed E-state index contributed by atoms with van der Waals surface area (Å²) in [5.41, 5.74) is 5.79. The van der Waals surface area contributed by atoms with Crippen molar-refractivity contribution in [3.63, 3.8) is 0 Å². The first-order chi connectivity index (χ1) is 9.01. The normalized spacial score (nSPS) is 10.1. The molecule has 19 heavy (non-hydrogen) atoms. The Balaban J connectivity index is 2.98. The van der Waals surface area contributed by atoms with Crippen molar-refractivity contribution in [3.8, 4) is 0 Å². The number of nitrogens with zero attached hydrogens (tertiary/aromatic N) is 4. The van der Waals surface area contributed by atoms with E-state index in [0.717, 1.165) is 13.1 Å². The van der Waals surface area contributed by atoms with Gasteiger partial charge in [0, 0.05) is 26.2 Å². The number of hydrogen-bond donors (Lipinski definition) is 1. The fraction of sp³-hybridized carbons (Fsp3) is 0.583. The van der Waals surface area contributed by atoms with E-state index in [9.17, 15) is 4.79 Å². The summed E-state index contributed by atoms with van der Waals surface area (Å²) in [5, 5.41) is 0. The van der Waals surface area contributed by atoms with Crippen LogP contribution in [0.5, 0.6) is 0 Å². The Labute approximate surface area is 113 Å². The molecule has 0 aromatic carbocycles. The van der Waals surface area contributed by atoms with Crippen LogP contribution >= 0.6 is 0 Å². The van der Waals surface area contributed by atoms with E-state index in [4.69, 9.17) is 5.73 Å². The molecule has 106 valence electrons. The number of aromatic nitrogens is 2. The second kappa shape index (κ2) is 6.77. The molecule has 0 aliphatic rings. The van der Waals surface area contributed by atoms with Gasteiger partial charge in [-0.05, 0) is 13.8 Å². The van der Waals surface area contributed by atoms with Crippen LogP contribution < -0.4 is 15.5 Å². The summed E-state index contributed by atoms with van der Waals surface area (Å²) in [6.07, 6.45) is 0. The zero-order valence-electron chi connectivity index (χ0n) is 11.9. The number of nitrogens with two attached hydrogens (primary N) is 1. The highest BCUT2D eigenvalue weighted by Crippen LogP contribution is 2.17. The van der Waals surface area contributed by atoms with Crippen LogP contribution in [0.1, 0.15) is 13.8 Å². The van der Waals surface area contributed by atoms with E-state index in [2.05, 4.69) is 14.7 Å². The molecule has 1 aromatic rings. The van der Waals surface area contributed by atoms with Gasteiger partial charge in [0.2, 0.25) is 5.95 Å². The molecule has 0 saturated carbocycles. The topological polar surface area (TPSA) is 84.6 Å². The number of anilines is 3.